The van der Waals surface area contributed by atoms with Crippen molar-refractivity contribution in [3.63, 3.8) is 0 Å². The first-order valence-corrected chi connectivity index (χ1v) is 8.57. The molecule has 3 rings (SSSR count). The topological polar surface area (TPSA) is 85.1 Å². The van der Waals surface area contributed by atoms with E-state index in [1.54, 1.807) is 25.1 Å². The highest BCUT2D eigenvalue weighted by molar-refractivity contribution is 7.21. The molecule has 1 aromatic carbocycles. The van der Waals surface area contributed by atoms with Gasteiger partial charge in [-0.1, -0.05) is 23.7 Å². The van der Waals surface area contributed by atoms with Gasteiger partial charge in [0.2, 0.25) is 0 Å². The molecule has 2 amide bonds. The molecule has 0 saturated carbocycles. The minimum Gasteiger partial charge on any atom is -0.365 e. The van der Waals surface area contributed by atoms with E-state index in [0.29, 0.717) is 10.9 Å². The predicted molar refractivity (Wildman–Crippen MR) is 97.2 cm³/mol. The lowest BCUT2D eigenvalue weighted by Crippen LogP contribution is -2.17. The fourth-order valence-electron chi connectivity index (χ4n) is 2.54. The van der Waals surface area contributed by atoms with Crippen LogP contribution in [-0.2, 0) is 0 Å². The number of aryl methyl sites for hydroxylation is 1. The van der Waals surface area contributed by atoms with Crippen LogP contribution in [0.3, 0.4) is 0 Å². The van der Waals surface area contributed by atoms with E-state index in [-0.39, 0.29) is 26.0 Å². The molecule has 3 N–H and O–H groups in total. The molecule has 0 saturated heterocycles. The molecular formula is C17H12ClF2N3O2S. The molecule has 0 spiro atoms. The molecule has 26 heavy (non-hydrogen) atoms. The predicted octanol–water partition coefficient (Wildman–Crippen LogP) is 4.55. The maximum atomic E-state index is 13.0. The number of thiophene rings is 1. The second-order valence-electron chi connectivity index (χ2n) is 5.45. The van der Waals surface area contributed by atoms with Crippen LogP contribution in [-0.4, -0.2) is 16.8 Å². The van der Waals surface area contributed by atoms with Gasteiger partial charge < -0.3 is 11.1 Å². The number of carbonyl (C=O) groups excluding carboxylic acids is 2. The van der Waals surface area contributed by atoms with E-state index in [1.807, 2.05) is 0 Å². The van der Waals surface area contributed by atoms with Crippen molar-refractivity contribution in [2.24, 2.45) is 5.73 Å². The number of anilines is 1. The average molecular weight is 396 g/mol. The summed E-state index contributed by atoms with van der Waals surface area (Å²) in [6.07, 6.45) is -2.75. The van der Waals surface area contributed by atoms with Gasteiger partial charge in [0.1, 0.15) is 15.4 Å². The summed E-state index contributed by atoms with van der Waals surface area (Å²) in [6, 6.07) is 7.61. The van der Waals surface area contributed by atoms with Crippen LogP contribution < -0.4 is 11.1 Å². The first-order valence-electron chi connectivity index (χ1n) is 7.37. The maximum absolute atomic E-state index is 13.0. The summed E-state index contributed by atoms with van der Waals surface area (Å²) in [7, 11) is 0. The molecule has 5 nitrogen and oxygen atoms in total. The highest BCUT2D eigenvalue weighted by Crippen LogP contribution is 2.38. The lowest BCUT2D eigenvalue weighted by molar-refractivity contribution is 0.100. The number of alkyl halides is 2. The molecule has 9 heteroatoms. The Bertz CT molecular complexity index is 1040. The van der Waals surface area contributed by atoms with Crippen molar-refractivity contribution < 1.29 is 18.4 Å². The van der Waals surface area contributed by atoms with E-state index in [2.05, 4.69) is 10.3 Å². The Morgan fingerprint density at radius 1 is 1.31 bits per heavy atom. The van der Waals surface area contributed by atoms with E-state index in [9.17, 15) is 18.4 Å². The summed E-state index contributed by atoms with van der Waals surface area (Å²) in [5.74, 6) is -1.34. The van der Waals surface area contributed by atoms with Crippen LogP contribution in [0.15, 0.2) is 30.3 Å². The maximum Gasteiger partial charge on any atom is 0.280 e. The van der Waals surface area contributed by atoms with Gasteiger partial charge in [-0.2, -0.15) is 0 Å². The molecule has 0 unspecified atom stereocenters. The van der Waals surface area contributed by atoms with Crippen LogP contribution >= 0.6 is 22.9 Å². The SMILES string of the molecule is Cc1cc(C(F)F)nc2sc(C(N)=O)c(NC(=O)c3ccccc3Cl)c12. The highest BCUT2D eigenvalue weighted by Gasteiger charge is 2.23. The number of hydrogen-bond donors (Lipinski definition) is 2. The number of hydrogen-bond acceptors (Lipinski definition) is 4. The van der Waals surface area contributed by atoms with Gasteiger partial charge >= 0.3 is 0 Å². The molecule has 0 fully saturated rings. The summed E-state index contributed by atoms with van der Waals surface area (Å²) in [5.41, 5.74) is 5.78. The molecule has 2 aromatic heterocycles. The van der Waals surface area contributed by atoms with Gasteiger partial charge in [0.15, 0.2) is 0 Å². The average Bonchev–Trinajstić information content (AvgIpc) is 2.94. The zero-order valence-electron chi connectivity index (χ0n) is 13.3. The quantitative estimate of drug-likeness (QED) is 0.679. The molecule has 3 aromatic rings. The van der Waals surface area contributed by atoms with Crippen LogP contribution in [0.4, 0.5) is 14.5 Å². The minimum atomic E-state index is -2.75. The Morgan fingerprint density at radius 2 is 2.00 bits per heavy atom. The van der Waals surface area contributed by atoms with E-state index < -0.39 is 23.9 Å². The van der Waals surface area contributed by atoms with Crippen molar-refractivity contribution >= 4 is 50.7 Å². The van der Waals surface area contributed by atoms with E-state index >= 15 is 0 Å². The molecule has 0 aliphatic carbocycles. The number of nitrogens with one attached hydrogen (secondary N) is 1. The summed E-state index contributed by atoms with van der Waals surface area (Å²) in [6.45, 7) is 1.60. The van der Waals surface area contributed by atoms with Gasteiger partial charge in [-0.25, -0.2) is 13.8 Å². The molecular weight excluding hydrogens is 384 g/mol. The lowest BCUT2D eigenvalue weighted by Gasteiger charge is -2.09. The highest BCUT2D eigenvalue weighted by atomic mass is 35.5. The van der Waals surface area contributed by atoms with Crippen molar-refractivity contribution in [2.75, 3.05) is 5.32 Å². The Hall–Kier alpha value is -2.58. The van der Waals surface area contributed by atoms with E-state index in [0.717, 1.165) is 11.3 Å². The molecule has 0 aliphatic heterocycles. The molecule has 0 aliphatic rings. The van der Waals surface area contributed by atoms with Crippen LogP contribution in [0.25, 0.3) is 10.2 Å². The normalized spacial score (nSPS) is 11.1. The summed E-state index contributed by atoms with van der Waals surface area (Å²) in [5, 5.41) is 3.25. The number of nitrogens with two attached hydrogens (primary N) is 1. The monoisotopic (exact) mass is 395 g/mol. The first-order chi connectivity index (χ1) is 12.3. The summed E-state index contributed by atoms with van der Waals surface area (Å²) >= 11 is 6.87. The Morgan fingerprint density at radius 3 is 2.62 bits per heavy atom. The standard InChI is InChI=1S/C17H12ClF2N3O2S/c1-7-6-10(14(19)20)22-17-11(7)12(13(26-17)15(21)24)23-16(25)8-4-2-3-5-9(8)18/h2-6,14H,1H3,(H2,21,24)(H,23,25). The number of primary amides is 1. The number of nitrogens with zero attached hydrogens (tertiary/aromatic N) is 1. The number of pyridine rings is 1. The third kappa shape index (κ3) is 3.25. The van der Waals surface area contributed by atoms with Crippen molar-refractivity contribution in [1.82, 2.24) is 4.98 Å². The number of halogens is 3. The molecule has 2 heterocycles. The lowest BCUT2D eigenvalue weighted by atomic mass is 10.1. The van der Waals surface area contributed by atoms with Gasteiger partial charge in [0.25, 0.3) is 18.2 Å². The number of amides is 2. The largest absolute Gasteiger partial charge is 0.365 e. The third-order valence-corrected chi connectivity index (χ3v) is 5.11. The molecule has 0 bridgehead atoms. The number of benzene rings is 1. The second-order valence-corrected chi connectivity index (χ2v) is 6.86. The smallest absolute Gasteiger partial charge is 0.280 e. The molecule has 0 atom stereocenters. The Balaban J connectivity index is 2.15. The van der Waals surface area contributed by atoms with E-state index in [1.165, 1.54) is 12.1 Å². The molecule has 0 radical (unpaired) electrons. The Labute approximate surface area is 155 Å². The van der Waals surface area contributed by atoms with Crippen LogP contribution in [0.1, 0.15) is 37.7 Å². The van der Waals surface area contributed by atoms with Gasteiger partial charge in [-0.05, 0) is 30.7 Å². The number of carbonyl (C=O) groups is 2. The minimum absolute atomic E-state index is 0.0300. The van der Waals surface area contributed by atoms with Crippen LogP contribution in [0, 0.1) is 6.92 Å². The van der Waals surface area contributed by atoms with E-state index in [4.69, 9.17) is 17.3 Å². The van der Waals surface area contributed by atoms with Crippen molar-refractivity contribution in [1.29, 1.82) is 0 Å². The number of rotatable bonds is 4. The molecule has 134 valence electrons. The first kappa shape index (κ1) is 18.2. The van der Waals surface area contributed by atoms with Gasteiger partial charge in [0.05, 0.1) is 16.3 Å². The summed E-state index contributed by atoms with van der Waals surface area (Å²) in [4.78, 5) is 28.4. The van der Waals surface area contributed by atoms with Crippen molar-refractivity contribution in [3.8, 4) is 0 Å². The van der Waals surface area contributed by atoms with Crippen LogP contribution in [0.2, 0.25) is 5.02 Å². The van der Waals surface area contributed by atoms with Crippen LogP contribution in [0.5, 0.6) is 0 Å². The fraction of sp³-hybridized carbons (Fsp3) is 0.118. The van der Waals surface area contributed by atoms with Crippen molar-refractivity contribution in [2.45, 2.75) is 13.3 Å². The third-order valence-electron chi connectivity index (χ3n) is 3.68. The van der Waals surface area contributed by atoms with Gasteiger partial charge in [0, 0.05) is 5.39 Å². The zero-order chi connectivity index (χ0) is 19.0. The van der Waals surface area contributed by atoms with Gasteiger partial charge in [-0.15, -0.1) is 11.3 Å². The number of fused-ring (bicyclic) bond motifs is 1. The fourth-order valence-corrected chi connectivity index (χ4v) is 3.82. The van der Waals surface area contributed by atoms with Crippen molar-refractivity contribution in [3.05, 3.63) is 57.1 Å². The van der Waals surface area contributed by atoms with Gasteiger partial charge in [-0.3, -0.25) is 9.59 Å². The second kappa shape index (κ2) is 6.97. The number of aromatic nitrogens is 1. The summed E-state index contributed by atoms with van der Waals surface area (Å²) < 4.78 is 26.0. The zero-order valence-corrected chi connectivity index (χ0v) is 14.9. The Kier molecular flexibility index (Phi) is 4.88.